The van der Waals surface area contributed by atoms with Crippen LogP contribution in [0.25, 0.3) is 0 Å². The van der Waals surface area contributed by atoms with Gasteiger partial charge in [-0.05, 0) is 73.6 Å². The smallest absolute Gasteiger partial charge is 0.408 e. The van der Waals surface area contributed by atoms with E-state index in [4.69, 9.17) is 4.74 Å². The third-order valence-corrected chi connectivity index (χ3v) is 7.39. The van der Waals surface area contributed by atoms with Gasteiger partial charge in [0.15, 0.2) is 0 Å². The fourth-order valence-corrected chi connectivity index (χ4v) is 5.09. The number of fused-ring (bicyclic) bond motifs is 2. The molecule has 2 aliphatic heterocycles. The number of hydrogen-bond acceptors (Lipinski definition) is 3. The molecule has 2 aromatic carbocycles. The van der Waals surface area contributed by atoms with Crippen LogP contribution in [-0.2, 0) is 9.59 Å². The van der Waals surface area contributed by atoms with Crippen LogP contribution in [0, 0.1) is 5.92 Å². The monoisotopic (exact) mass is 470 g/mol. The Hall–Kier alpha value is -3.03. The molecule has 1 saturated heterocycles. The number of ether oxygens (including phenoxy) is 1. The van der Waals surface area contributed by atoms with Gasteiger partial charge in [-0.3, -0.25) is 9.59 Å². The Labute approximate surface area is 195 Å². The van der Waals surface area contributed by atoms with Gasteiger partial charge in [-0.15, -0.1) is 0 Å². The van der Waals surface area contributed by atoms with Crippen molar-refractivity contribution in [2.45, 2.75) is 68.6 Å². The maximum Gasteiger partial charge on any atom is 0.408 e. The number of alkyl halides is 3. The second kappa shape index (κ2) is 7.75. The number of nitrogens with one attached hydrogen (secondary N) is 2. The van der Waals surface area contributed by atoms with Crippen LogP contribution in [-0.4, -0.2) is 24.0 Å². The number of benzene rings is 2. The summed E-state index contributed by atoms with van der Waals surface area (Å²) in [5.74, 6) is -0.181. The van der Waals surface area contributed by atoms with Gasteiger partial charge in [-0.1, -0.05) is 24.3 Å². The van der Waals surface area contributed by atoms with E-state index < -0.39 is 36.0 Å². The predicted octanol–water partition coefficient (Wildman–Crippen LogP) is 5.21. The molecule has 2 aromatic rings. The van der Waals surface area contributed by atoms with E-state index in [2.05, 4.69) is 5.32 Å². The Morgan fingerprint density at radius 3 is 1.91 bits per heavy atom. The average Bonchev–Trinajstić information content (AvgIpc) is 3.70. The van der Waals surface area contributed by atoms with Crippen molar-refractivity contribution >= 4 is 11.8 Å². The quantitative estimate of drug-likeness (QED) is 0.603. The van der Waals surface area contributed by atoms with E-state index in [1.54, 1.807) is 0 Å². The normalized spacial score (nSPS) is 24.5. The first-order chi connectivity index (χ1) is 16.3. The minimum absolute atomic E-state index is 0.147. The standard InChI is InChI=1S/C26H25F3N2O3/c27-26(28,29)22-10-9-19(24(32)30-22)25(33)31-23-17-7-5-15(13-1-2-13)11-20(17)34-21-12-16(14-3-4-14)6-8-18(21)23/h5-8,11-14,19,22-23H,1-4,9-10H2,(H,30,32)(H,31,33). The SMILES string of the molecule is O=C(NC1c2ccc(C3CC3)cc2Oc2cc(C3CC3)ccc21)C1CCC(C(F)(F)F)NC1=O. The van der Waals surface area contributed by atoms with Crippen LogP contribution in [0.4, 0.5) is 13.2 Å². The molecule has 2 unspecified atom stereocenters. The van der Waals surface area contributed by atoms with E-state index >= 15 is 0 Å². The summed E-state index contributed by atoms with van der Waals surface area (Å²) in [5, 5.41) is 4.92. The molecule has 0 aromatic heterocycles. The number of amides is 2. The van der Waals surface area contributed by atoms with Gasteiger partial charge in [-0.2, -0.15) is 13.2 Å². The molecule has 4 aliphatic rings. The lowest BCUT2D eigenvalue weighted by Crippen LogP contribution is -2.54. The lowest BCUT2D eigenvalue weighted by atomic mass is 9.89. The van der Waals surface area contributed by atoms with Crippen molar-refractivity contribution in [3.05, 3.63) is 58.7 Å². The second-order valence-electron chi connectivity index (χ2n) is 9.92. The highest BCUT2D eigenvalue weighted by atomic mass is 19.4. The summed E-state index contributed by atoms with van der Waals surface area (Å²) < 4.78 is 45.3. The zero-order valence-electron chi connectivity index (χ0n) is 18.5. The number of carbonyl (C=O) groups is 2. The minimum atomic E-state index is -4.52. The van der Waals surface area contributed by atoms with Gasteiger partial charge in [0.05, 0.1) is 6.04 Å². The molecule has 2 amide bonds. The van der Waals surface area contributed by atoms with Crippen molar-refractivity contribution < 1.29 is 27.5 Å². The zero-order valence-corrected chi connectivity index (χ0v) is 18.5. The van der Waals surface area contributed by atoms with Gasteiger partial charge in [-0.25, -0.2) is 0 Å². The first-order valence-electron chi connectivity index (χ1n) is 11.9. The molecule has 0 radical (unpaired) electrons. The van der Waals surface area contributed by atoms with Crippen molar-refractivity contribution in [3.63, 3.8) is 0 Å². The highest BCUT2D eigenvalue weighted by Crippen LogP contribution is 2.49. The molecule has 2 aliphatic carbocycles. The van der Waals surface area contributed by atoms with Gasteiger partial charge in [0.1, 0.15) is 23.5 Å². The van der Waals surface area contributed by atoms with E-state index in [1.807, 2.05) is 41.7 Å². The largest absolute Gasteiger partial charge is 0.457 e. The Balaban J connectivity index is 1.29. The van der Waals surface area contributed by atoms with Crippen LogP contribution >= 0.6 is 0 Å². The van der Waals surface area contributed by atoms with Gasteiger partial charge in [0.25, 0.3) is 0 Å². The summed E-state index contributed by atoms with van der Waals surface area (Å²) in [6.07, 6.45) is -0.383. The van der Waals surface area contributed by atoms with Crippen molar-refractivity contribution in [2.24, 2.45) is 5.92 Å². The summed E-state index contributed by atoms with van der Waals surface area (Å²) in [7, 11) is 0. The second-order valence-corrected chi connectivity index (χ2v) is 9.92. The highest BCUT2D eigenvalue weighted by Gasteiger charge is 2.46. The molecular formula is C26H25F3N2O3. The third kappa shape index (κ3) is 3.93. The Kier molecular flexibility index (Phi) is 4.90. The molecule has 2 saturated carbocycles. The van der Waals surface area contributed by atoms with Crippen LogP contribution in [0.5, 0.6) is 11.5 Å². The molecule has 3 fully saturated rings. The van der Waals surface area contributed by atoms with Crippen molar-refractivity contribution in [2.75, 3.05) is 0 Å². The lowest BCUT2D eigenvalue weighted by Gasteiger charge is -2.33. The lowest BCUT2D eigenvalue weighted by molar-refractivity contribution is -0.171. The minimum Gasteiger partial charge on any atom is -0.457 e. The molecule has 0 bridgehead atoms. The molecule has 34 heavy (non-hydrogen) atoms. The van der Waals surface area contributed by atoms with Crippen LogP contribution in [0.1, 0.15) is 78.7 Å². The fourth-order valence-electron chi connectivity index (χ4n) is 5.09. The third-order valence-electron chi connectivity index (χ3n) is 7.39. The summed E-state index contributed by atoms with van der Waals surface area (Å²) in [6.45, 7) is 0. The average molecular weight is 470 g/mol. The van der Waals surface area contributed by atoms with E-state index in [0.29, 0.717) is 23.3 Å². The van der Waals surface area contributed by atoms with Crippen LogP contribution in [0.2, 0.25) is 0 Å². The Bertz CT molecular complexity index is 1110. The molecule has 0 spiro atoms. The van der Waals surface area contributed by atoms with Crippen LogP contribution < -0.4 is 15.4 Å². The Morgan fingerprint density at radius 1 is 0.882 bits per heavy atom. The zero-order chi connectivity index (χ0) is 23.6. The maximum atomic E-state index is 13.1. The van der Waals surface area contributed by atoms with Gasteiger partial charge in [0, 0.05) is 11.1 Å². The van der Waals surface area contributed by atoms with Crippen molar-refractivity contribution in [1.29, 1.82) is 0 Å². The van der Waals surface area contributed by atoms with E-state index in [0.717, 1.165) is 36.8 Å². The summed E-state index contributed by atoms with van der Waals surface area (Å²) in [5.41, 5.74) is 3.98. The van der Waals surface area contributed by atoms with E-state index in [1.165, 1.54) is 11.1 Å². The van der Waals surface area contributed by atoms with Crippen molar-refractivity contribution in [1.82, 2.24) is 10.6 Å². The maximum absolute atomic E-state index is 13.1. The Morgan fingerprint density at radius 2 is 1.44 bits per heavy atom. The van der Waals surface area contributed by atoms with Gasteiger partial charge >= 0.3 is 6.18 Å². The number of halogens is 3. The number of rotatable bonds is 4. The summed E-state index contributed by atoms with van der Waals surface area (Å²) in [6, 6.07) is 9.60. The molecular weight excluding hydrogens is 445 g/mol. The van der Waals surface area contributed by atoms with E-state index in [9.17, 15) is 22.8 Å². The number of carbonyl (C=O) groups excluding carboxylic acids is 2. The molecule has 5 nitrogen and oxygen atoms in total. The first-order valence-corrected chi connectivity index (χ1v) is 11.9. The molecule has 2 heterocycles. The predicted molar refractivity (Wildman–Crippen MR) is 118 cm³/mol. The van der Waals surface area contributed by atoms with Crippen molar-refractivity contribution in [3.8, 4) is 11.5 Å². The van der Waals surface area contributed by atoms with E-state index in [-0.39, 0.29) is 12.8 Å². The topological polar surface area (TPSA) is 67.4 Å². The molecule has 8 heteroatoms. The summed E-state index contributed by atoms with van der Waals surface area (Å²) in [4.78, 5) is 25.5. The fraction of sp³-hybridized carbons (Fsp3) is 0.462. The van der Waals surface area contributed by atoms with Crippen LogP contribution in [0.3, 0.4) is 0 Å². The number of piperidine rings is 1. The molecule has 6 rings (SSSR count). The van der Waals surface area contributed by atoms with Gasteiger partial charge < -0.3 is 15.4 Å². The van der Waals surface area contributed by atoms with Gasteiger partial charge in [0.2, 0.25) is 11.8 Å². The molecule has 178 valence electrons. The van der Waals surface area contributed by atoms with Crippen LogP contribution in [0.15, 0.2) is 36.4 Å². The summed E-state index contributed by atoms with van der Waals surface area (Å²) >= 11 is 0. The first kappa shape index (κ1) is 21.5. The molecule has 2 N–H and O–H groups in total. The highest BCUT2D eigenvalue weighted by molar-refractivity contribution is 6.01. The number of hydrogen-bond donors (Lipinski definition) is 2. The molecule has 2 atom stereocenters.